The van der Waals surface area contributed by atoms with E-state index in [0.29, 0.717) is 11.9 Å². The van der Waals surface area contributed by atoms with E-state index in [0.717, 1.165) is 45.4 Å². The van der Waals surface area contributed by atoms with Crippen LogP contribution in [0, 0.1) is 5.41 Å². The Kier molecular flexibility index (Phi) is 3.97. The summed E-state index contributed by atoms with van der Waals surface area (Å²) in [5.41, 5.74) is 6.06. The Balaban J connectivity index is 2.03. The fourth-order valence-corrected chi connectivity index (χ4v) is 3.23. The van der Waals surface area contributed by atoms with Crippen molar-refractivity contribution in [3.05, 3.63) is 0 Å². The van der Waals surface area contributed by atoms with Crippen LogP contribution >= 0.6 is 0 Å². The highest BCUT2D eigenvalue weighted by Crippen LogP contribution is 2.32. The summed E-state index contributed by atoms with van der Waals surface area (Å²) in [6, 6.07) is 0.429. The van der Waals surface area contributed by atoms with Crippen molar-refractivity contribution in [3.63, 3.8) is 0 Å². The van der Waals surface area contributed by atoms with Crippen LogP contribution in [0.2, 0.25) is 0 Å². The van der Waals surface area contributed by atoms with Crippen LogP contribution in [0.25, 0.3) is 0 Å². The van der Waals surface area contributed by atoms with Gasteiger partial charge >= 0.3 is 0 Å². The van der Waals surface area contributed by atoms with Crippen molar-refractivity contribution in [3.8, 4) is 0 Å². The van der Waals surface area contributed by atoms with Gasteiger partial charge in [0.05, 0.1) is 6.04 Å². The lowest BCUT2D eigenvalue weighted by Crippen LogP contribution is -2.54. The van der Waals surface area contributed by atoms with Gasteiger partial charge in [-0.2, -0.15) is 0 Å². The molecule has 2 heterocycles. The van der Waals surface area contributed by atoms with Crippen LogP contribution in [0.4, 0.5) is 0 Å². The van der Waals surface area contributed by atoms with Gasteiger partial charge in [-0.25, -0.2) is 0 Å². The molecule has 2 fully saturated rings. The summed E-state index contributed by atoms with van der Waals surface area (Å²) < 4.78 is 0. The summed E-state index contributed by atoms with van der Waals surface area (Å²) in [5, 5.41) is 0. The topological polar surface area (TPSA) is 49.6 Å². The van der Waals surface area contributed by atoms with Gasteiger partial charge in [0, 0.05) is 19.1 Å². The first kappa shape index (κ1) is 13.8. The van der Waals surface area contributed by atoms with Crippen molar-refractivity contribution >= 4 is 5.91 Å². The largest absolute Gasteiger partial charge is 0.339 e. The molecule has 2 atom stereocenters. The highest BCUT2D eigenvalue weighted by molar-refractivity contribution is 5.83. The van der Waals surface area contributed by atoms with E-state index in [4.69, 9.17) is 5.73 Å². The molecule has 1 amide bonds. The molecule has 104 valence electrons. The third kappa shape index (κ3) is 2.54. The fraction of sp³-hybridized carbons (Fsp3) is 0.929. The number of carbonyl (C=O) groups excluding carboxylic acids is 1. The molecule has 2 rings (SSSR count). The van der Waals surface area contributed by atoms with E-state index in [9.17, 15) is 4.79 Å². The van der Waals surface area contributed by atoms with Gasteiger partial charge in [-0.1, -0.05) is 6.92 Å². The summed E-state index contributed by atoms with van der Waals surface area (Å²) in [7, 11) is 0. The molecular weight excluding hydrogens is 226 g/mol. The van der Waals surface area contributed by atoms with Crippen molar-refractivity contribution in [2.75, 3.05) is 26.2 Å². The number of carbonyl (C=O) groups is 1. The number of nitrogens with two attached hydrogens (primary N) is 1. The monoisotopic (exact) mass is 253 g/mol. The lowest BCUT2D eigenvalue weighted by Gasteiger charge is -2.39. The molecule has 18 heavy (non-hydrogen) atoms. The quantitative estimate of drug-likeness (QED) is 0.818. The number of rotatable bonds is 3. The third-order valence-electron chi connectivity index (χ3n) is 4.59. The molecule has 2 saturated heterocycles. The van der Waals surface area contributed by atoms with Crippen LogP contribution in [0.5, 0.6) is 0 Å². The third-order valence-corrected chi connectivity index (χ3v) is 4.59. The highest BCUT2D eigenvalue weighted by Gasteiger charge is 2.41. The maximum Gasteiger partial charge on any atom is 0.240 e. The van der Waals surface area contributed by atoms with Gasteiger partial charge < -0.3 is 10.6 Å². The zero-order chi connectivity index (χ0) is 13.3. The van der Waals surface area contributed by atoms with E-state index in [1.54, 1.807) is 0 Å². The molecule has 4 nitrogen and oxygen atoms in total. The second-order valence-electron chi connectivity index (χ2n) is 6.52. The van der Waals surface area contributed by atoms with Crippen LogP contribution < -0.4 is 5.73 Å². The van der Waals surface area contributed by atoms with Gasteiger partial charge in [-0.15, -0.1) is 0 Å². The standard InChI is InChI=1S/C14H27N3O/c1-11(2)17-7-4-5-12(13(17)18)16-8-6-14(3,9-15)10-16/h11-12H,4-10,15H2,1-3H3. The molecule has 2 N–H and O–H groups in total. The van der Waals surface area contributed by atoms with E-state index in [1.807, 2.05) is 4.90 Å². The van der Waals surface area contributed by atoms with Crippen LogP contribution in [0.15, 0.2) is 0 Å². The Morgan fingerprint density at radius 1 is 1.44 bits per heavy atom. The summed E-state index contributed by atoms with van der Waals surface area (Å²) in [5.74, 6) is 0.331. The van der Waals surface area contributed by atoms with E-state index < -0.39 is 0 Å². The van der Waals surface area contributed by atoms with Gasteiger partial charge in [0.25, 0.3) is 0 Å². The molecule has 0 aromatic carbocycles. The number of hydrogen-bond acceptors (Lipinski definition) is 3. The SMILES string of the molecule is CC(C)N1CCCC(N2CCC(C)(CN)C2)C1=O. The zero-order valence-electron chi connectivity index (χ0n) is 12.0. The van der Waals surface area contributed by atoms with Crippen molar-refractivity contribution in [2.24, 2.45) is 11.1 Å². The minimum absolute atomic E-state index is 0.106. The Hall–Kier alpha value is -0.610. The minimum atomic E-state index is 0.106. The van der Waals surface area contributed by atoms with Gasteiger partial charge in [-0.05, 0) is 51.6 Å². The van der Waals surface area contributed by atoms with Crippen molar-refractivity contribution in [1.29, 1.82) is 0 Å². The fourth-order valence-electron chi connectivity index (χ4n) is 3.23. The molecule has 2 unspecified atom stereocenters. The molecule has 0 bridgehead atoms. The van der Waals surface area contributed by atoms with Gasteiger partial charge in [0.2, 0.25) is 5.91 Å². The average molecular weight is 253 g/mol. The maximum absolute atomic E-state index is 12.5. The van der Waals surface area contributed by atoms with Crippen LogP contribution in [0.1, 0.15) is 40.0 Å². The van der Waals surface area contributed by atoms with Crippen molar-refractivity contribution in [1.82, 2.24) is 9.80 Å². The van der Waals surface area contributed by atoms with E-state index in [2.05, 4.69) is 25.7 Å². The second kappa shape index (κ2) is 5.17. The first-order chi connectivity index (χ1) is 8.47. The van der Waals surface area contributed by atoms with Crippen molar-refractivity contribution < 1.29 is 4.79 Å². The molecule has 2 aliphatic rings. The second-order valence-corrected chi connectivity index (χ2v) is 6.52. The van der Waals surface area contributed by atoms with E-state index >= 15 is 0 Å². The normalized spacial score (nSPS) is 34.6. The Morgan fingerprint density at radius 3 is 2.72 bits per heavy atom. The molecular formula is C14H27N3O. The number of amides is 1. The maximum atomic E-state index is 12.5. The summed E-state index contributed by atoms with van der Waals surface area (Å²) >= 11 is 0. The Labute approximate surface area is 110 Å². The molecule has 0 aliphatic carbocycles. The Bertz CT molecular complexity index is 318. The Morgan fingerprint density at radius 2 is 2.17 bits per heavy atom. The number of hydrogen-bond donors (Lipinski definition) is 1. The van der Waals surface area contributed by atoms with Crippen LogP contribution in [-0.4, -0.2) is 54.0 Å². The van der Waals surface area contributed by atoms with Gasteiger partial charge in [-0.3, -0.25) is 9.69 Å². The lowest BCUT2D eigenvalue weighted by molar-refractivity contribution is -0.141. The molecule has 0 aromatic rings. The smallest absolute Gasteiger partial charge is 0.240 e. The van der Waals surface area contributed by atoms with Gasteiger partial charge in [0.15, 0.2) is 0 Å². The molecule has 0 saturated carbocycles. The molecule has 4 heteroatoms. The minimum Gasteiger partial charge on any atom is -0.339 e. The van der Waals surface area contributed by atoms with Crippen LogP contribution in [0.3, 0.4) is 0 Å². The summed E-state index contributed by atoms with van der Waals surface area (Å²) in [6.07, 6.45) is 3.27. The number of piperidine rings is 1. The molecule has 2 aliphatic heterocycles. The average Bonchev–Trinajstić information content (AvgIpc) is 2.72. The first-order valence-electron chi connectivity index (χ1n) is 7.21. The number of nitrogens with zero attached hydrogens (tertiary/aromatic N) is 2. The van der Waals surface area contributed by atoms with Crippen LogP contribution in [-0.2, 0) is 4.79 Å². The van der Waals surface area contributed by atoms with Crippen molar-refractivity contribution in [2.45, 2.75) is 52.1 Å². The zero-order valence-corrected chi connectivity index (χ0v) is 12.0. The van der Waals surface area contributed by atoms with E-state index in [1.165, 1.54) is 0 Å². The number of likely N-dealkylation sites (tertiary alicyclic amines) is 2. The van der Waals surface area contributed by atoms with E-state index in [-0.39, 0.29) is 11.5 Å². The first-order valence-corrected chi connectivity index (χ1v) is 7.21. The summed E-state index contributed by atoms with van der Waals surface area (Å²) in [6.45, 7) is 10.1. The molecule has 0 aromatic heterocycles. The lowest BCUT2D eigenvalue weighted by atomic mass is 9.90. The molecule has 0 radical (unpaired) electrons. The predicted molar refractivity (Wildman–Crippen MR) is 73.2 cm³/mol. The molecule has 0 spiro atoms. The van der Waals surface area contributed by atoms with Gasteiger partial charge in [0.1, 0.15) is 0 Å². The highest BCUT2D eigenvalue weighted by atomic mass is 16.2. The predicted octanol–water partition coefficient (Wildman–Crippen LogP) is 1.06. The summed E-state index contributed by atoms with van der Waals surface area (Å²) in [4.78, 5) is 16.9.